The van der Waals surface area contributed by atoms with Crippen molar-refractivity contribution in [3.63, 3.8) is 0 Å². The minimum atomic E-state index is -0.832. The molecule has 9 heteroatoms. The van der Waals surface area contributed by atoms with Gasteiger partial charge in [-0.3, -0.25) is 29.2 Å². The van der Waals surface area contributed by atoms with Gasteiger partial charge in [-0.15, -0.1) is 0 Å². The topological polar surface area (TPSA) is 127 Å². The van der Waals surface area contributed by atoms with Crippen LogP contribution in [0.2, 0.25) is 0 Å². The van der Waals surface area contributed by atoms with Gasteiger partial charge in [0.15, 0.2) is 0 Å². The summed E-state index contributed by atoms with van der Waals surface area (Å²) in [5, 5.41) is 8.55. The predicted octanol–water partition coefficient (Wildman–Crippen LogP) is 0.815. The lowest BCUT2D eigenvalue weighted by molar-refractivity contribution is 0.796. The number of nitrogens with zero attached hydrogens (tertiary/aromatic N) is 4. The average molecular weight is 433 g/mol. The Balaban J connectivity index is 1.75. The first-order valence-corrected chi connectivity index (χ1v) is 10.2. The summed E-state index contributed by atoms with van der Waals surface area (Å²) < 4.78 is 2.39. The molecule has 3 aromatic carbocycles. The minimum Gasteiger partial charge on any atom is -0.287 e. The molecule has 0 amide bonds. The summed E-state index contributed by atoms with van der Waals surface area (Å²) >= 11 is 0. The molecule has 0 atom stereocenters. The van der Waals surface area contributed by atoms with Gasteiger partial charge >= 0.3 is 0 Å². The highest BCUT2D eigenvalue weighted by atomic mass is 16.2. The Morgan fingerprint density at radius 1 is 0.758 bits per heavy atom. The number of rotatable bonds is 0. The molecule has 1 aliphatic heterocycles. The first kappa shape index (κ1) is 17.8. The maximum Gasteiger partial charge on any atom is 0.271 e. The maximum atomic E-state index is 13.4. The van der Waals surface area contributed by atoms with Crippen molar-refractivity contribution in [1.82, 2.24) is 18.9 Å². The van der Waals surface area contributed by atoms with E-state index in [1.807, 2.05) is 12.1 Å². The Hall–Kier alpha value is -4.79. The molecule has 0 unspecified atom stereocenters. The summed E-state index contributed by atoms with van der Waals surface area (Å²) in [6.07, 6.45) is 0. The normalized spacial score (nSPS) is 12.7. The zero-order valence-corrected chi connectivity index (χ0v) is 16.7. The fourth-order valence-electron chi connectivity index (χ4n) is 4.84. The van der Waals surface area contributed by atoms with Crippen molar-refractivity contribution in [2.24, 2.45) is 0 Å². The number of hydrogen-bond donors (Lipinski definition) is 1. The van der Waals surface area contributed by atoms with E-state index >= 15 is 0 Å². The Labute approximate surface area is 181 Å². The molecule has 1 aliphatic rings. The summed E-state index contributed by atoms with van der Waals surface area (Å²) in [4.78, 5) is 62.2. The van der Waals surface area contributed by atoms with Crippen LogP contribution >= 0.6 is 0 Å². The fourth-order valence-corrected chi connectivity index (χ4v) is 4.84. The summed E-state index contributed by atoms with van der Waals surface area (Å²) in [5.74, 6) is 0.285. The van der Waals surface area contributed by atoms with Crippen LogP contribution < -0.4 is 27.5 Å². The lowest BCUT2D eigenvalue weighted by Gasteiger charge is -2.06. The molecule has 9 nitrogen and oxygen atoms in total. The second kappa shape index (κ2) is 5.71. The Kier molecular flexibility index (Phi) is 3.09. The fraction of sp³-hybridized carbons (Fsp3) is 0.0417. The number of benzene rings is 3. The predicted molar refractivity (Wildman–Crippen MR) is 121 cm³/mol. The smallest absolute Gasteiger partial charge is 0.271 e. The summed E-state index contributed by atoms with van der Waals surface area (Å²) in [5.41, 5.74) is -2.28. The van der Waals surface area contributed by atoms with Gasteiger partial charge in [0.25, 0.3) is 11.1 Å². The van der Waals surface area contributed by atoms with Gasteiger partial charge in [-0.2, -0.15) is 0 Å². The molecule has 0 saturated carbocycles. The van der Waals surface area contributed by atoms with Gasteiger partial charge in [-0.05, 0) is 5.56 Å². The average Bonchev–Trinajstić information content (AvgIpc) is 3.34. The van der Waals surface area contributed by atoms with Crippen LogP contribution in [0.5, 0.6) is 0 Å². The van der Waals surface area contributed by atoms with Crippen molar-refractivity contribution in [3.05, 3.63) is 101 Å². The lowest BCUT2D eigenvalue weighted by atomic mass is 10.1. The molecule has 1 N–H and O–H groups in total. The molecule has 6 aromatic rings. The number of nitrogens with one attached hydrogen (secondary N) is 1. The van der Waals surface area contributed by atoms with Gasteiger partial charge in [0.2, 0.25) is 10.9 Å². The maximum absolute atomic E-state index is 13.4. The van der Waals surface area contributed by atoms with Crippen LogP contribution in [0.1, 0.15) is 5.56 Å². The number of fused-ring (bicyclic) bond motifs is 8. The second-order valence-electron chi connectivity index (χ2n) is 8.06. The van der Waals surface area contributed by atoms with Gasteiger partial charge in [0.05, 0.1) is 6.54 Å². The first-order chi connectivity index (χ1) is 16.0. The molecule has 156 valence electrons. The zero-order valence-electron chi connectivity index (χ0n) is 16.7. The van der Waals surface area contributed by atoms with Crippen molar-refractivity contribution in [1.29, 1.82) is 5.41 Å². The standard InChI is InChI=1S/C24H11N5O4/c25-20-12-7-3-4-8-13(12)22-27-17-15(24(33)29(20)22)19(31)16-14(18(17)30)23(32)28-9-10-5-1-2-6-11(10)21(28)26-16/h1-8,25H,9H2. The van der Waals surface area contributed by atoms with E-state index in [0.717, 1.165) is 9.96 Å². The largest absolute Gasteiger partial charge is 0.287 e. The van der Waals surface area contributed by atoms with E-state index in [2.05, 4.69) is 9.97 Å². The number of hydrogen-bond acceptors (Lipinski definition) is 7. The van der Waals surface area contributed by atoms with E-state index in [1.54, 1.807) is 36.4 Å². The minimum absolute atomic E-state index is 0.102. The van der Waals surface area contributed by atoms with E-state index in [9.17, 15) is 19.2 Å². The second-order valence-corrected chi connectivity index (χ2v) is 8.06. The molecule has 0 bridgehead atoms. The zero-order chi connectivity index (χ0) is 22.6. The van der Waals surface area contributed by atoms with Crippen molar-refractivity contribution in [3.8, 4) is 11.4 Å². The molecular formula is C24H11N5O4. The quantitative estimate of drug-likeness (QED) is 0.353. The van der Waals surface area contributed by atoms with E-state index in [0.29, 0.717) is 16.3 Å². The van der Waals surface area contributed by atoms with Crippen molar-refractivity contribution < 1.29 is 0 Å². The van der Waals surface area contributed by atoms with Gasteiger partial charge in [-0.25, -0.2) is 14.4 Å². The van der Waals surface area contributed by atoms with E-state index in [4.69, 9.17) is 5.41 Å². The van der Waals surface area contributed by atoms with Gasteiger partial charge in [-0.1, -0.05) is 48.5 Å². The van der Waals surface area contributed by atoms with Crippen LogP contribution in [-0.4, -0.2) is 18.9 Å². The first-order valence-electron chi connectivity index (χ1n) is 10.2. The summed E-state index contributed by atoms with van der Waals surface area (Å²) in [6, 6.07) is 14.1. The van der Waals surface area contributed by atoms with Crippen LogP contribution in [-0.2, 0) is 6.54 Å². The molecule has 7 rings (SSSR count). The third kappa shape index (κ3) is 1.99. The molecule has 33 heavy (non-hydrogen) atoms. The van der Waals surface area contributed by atoms with E-state index in [1.165, 1.54) is 4.57 Å². The van der Waals surface area contributed by atoms with Crippen LogP contribution in [0.4, 0.5) is 0 Å². The molecule has 3 aromatic heterocycles. The van der Waals surface area contributed by atoms with Crippen molar-refractivity contribution in [2.45, 2.75) is 6.54 Å². The molecule has 4 heterocycles. The highest BCUT2D eigenvalue weighted by Gasteiger charge is 2.27. The summed E-state index contributed by atoms with van der Waals surface area (Å²) in [6.45, 7) is 0.240. The monoisotopic (exact) mass is 433 g/mol. The molecule has 0 saturated heterocycles. The molecule has 0 aliphatic carbocycles. The SMILES string of the molecule is N=c1c2ccccc2c2nc3c(=O)c4c(=O)n5c(nc4c(=O)c3c(=O)n12)-c1ccccc1C5. The third-order valence-electron chi connectivity index (χ3n) is 6.37. The molecular weight excluding hydrogens is 422 g/mol. The molecule has 0 radical (unpaired) electrons. The van der Waals surface area contributed by atoms with Crippen molar-refractivity contribution in [2.75, 3.05) is 0 Å². The Morgan fingerprint density at radius 3 is 2.18 bits per heavy atom. The molecule has 0 fully saturated rings. The van der Waals surface area contributed by atoms with Crippen LogP contribution in [0.3, 0.4) is 0 Å². The summed E-state index contributed by atoms with van der Waals surface area (Å²) in [7, 11) is 0. The van der Waals surface area contributed by atoms with Crippen LogP contribution in [0.15, 0.2) is 67.7 Å². The van der Waals surface area contributed by atoms with Crippen molar-refractivity contribution >= 4 is 38.2 Å². The highest BCUT2D eigenvalue weighted by Crippen LogP contribution is 2.29. The van der Waals surface area contributed by atoms with Gasteiger partial charge < -0.3 is 0 Å². The molecule has 0 spiro atoms. The van der Waals surface area contributed by atoms with E-state index in [-0.39, 0.29) is 39.9 Å². The Bertz CT molecular complexity index is 2170. The van der Waals surface area contributed by atoms with Gasteiger partial charge in [0.1, 0.15) is 38.8 Å². The number of aromatic nitrogens is 4. The Morgan fingerprint density at radius 2 is 1.39 bits per heavy atom. The van der Waals surface area contributed by atoms with Crippen LogP contribution in [0, 0.1) is 5.41 Å². The lowest BCUT2D eigenvalue weighted by Crippen LogP contribution is -2.33. The van der Waals surface area contributed by atoms with E-state index < -0.39 is 27.4 Å². The van der Waals surface area contributed by atoms with Gasteiger partial charge in [0, 0.05) is 16.3 Å². The third-order valence-corrected chi connectivity index (χ3v) is 6.37. The highest BCUT2D eigenvalue weighted by molar-refractivity contribution is 6.00. The van der Waals surface area contributed by atoms with Crippen LogP contribution in [0.25, 0.3) is 49.6 Å².